The molecule has 122 valence electrons. The fourth-order valence-corrected chi connectivity index (χ4v) is 3.09. The Balaban J connectivity index is 1.77. The van der Waals surface area contributed by atoms with Gasteiger partial charge in [-0.25, -0.2) is 13.1 Å². The zero-order chi connectivity index (χ0) is 16.0. The molecule has 0 unspecified atom stereocenters. The number of carbonyl (C=O) groups is 1. The highest BCUT2D eigenvalue weighted by atomic mass is 32.2. The van der Waals surface area contributed by atoms with Gasteiger partial charge in [0.25, 0.3) is 0 Å². The van der Waals surface area contributed by atoms with Crippen LogP contribution in [0.1, 0.15) is 31.2 Å². The molecule has 0 radical (unpaired) electrons. The first-order valence-corrected chi connectivity index (χ1v) is 8.90. The first kappa shape index (κ1) is 16.9. The molecule has 0 aromatic heterocycles. The molecule has 0 aliphatic carbocycles. The molecule has 0 spiro atoms. The molecular formula is C15H22N2O4S. The van der Waals surface area contributed by atoms with Gasteiger partial charge in [-0.05, 0) is 44.0 Å². The normalized spacial score (nSPS) is 18.3. The van der Waals surface area contributed by atoms with Crippen molar-refractivity contribution in [3.05, 3.63) is 29.8 Å². The minimum Gasteiger partial charge on any atom is -0.378 e. The van der Waals surface area contributed by atoms with Crippen LogP contribution in [0.4, 0.5) is 0 Å². The van der Waals surface area contributed by atoms with Crippen LogP contribution in [0.3, 0.4) is 0 Å². The molecule has 1 fully saturated rings. The summed E-state index contributed by atoms with van der Waals surface area (Å²) < 4.78 is 30.9. The third kappa shape index (κ3) is 4.79. The van der Waals surface area contributed by atoms with Gasteiger partial charge in [0.1, 0.15) is 0 Å². The Kier molecular flexibility index (Phi) is 5.93. The van der Waals surface area contributed by atoms with Crippen LogP contribution in [0.5, 0.6) is 0 Å². The molecule has 22 heavy (non-hydrogen) atoms. The number of amides is 1. The number of sulfonamides is 1. The van der Waals surface area contributed by atoms with E-state index in [2.05, 4.69) is 10.0 Å². The van der Waals surface area contributed by atoms with Crippen molar-refractivity contribution in [2.75, 3.05) is 13.7 Å². The lowest BCUT2D eigenvalue weighted by Crippen LogP contribution is -2.24. The SMILES string of the molecule is CNS(=O)(=O)c1ccc(CNC(=O)CC[C@H]2CCCO2)cc1. The first-order valence-electron chi connectivity index (χ1n) is 7.42. The van der Waals surface area contributed by atoms with Crippen LogP contribution in [0.2, 0.25) is 0 Å². The molecule has 1 aliphatic heterocycles. The maximum absolute atomic E-state index is 11.8. The van der Waals surface area contributed by atoms with Gasteiger partial charge in [-0.3, -0.25) is 4.79 Å². The number of benzene rings is 1. The summed E-state index contributed by atoms with van der Waals surface area (Å²) in [4.78, 5) is 12.0. The first-order chi connectivity index (χ1) is 10.5. The van der Waals surface area contributed by atoms with Crippen LogP contribution in [-0.2, 0) is 26.1 Å². The van der Waals surface area contributed by atoms with Crippen molar-refractivity contribution in [2.45, 2.75) is 43.2 Å². The van der Waals surface area contributed by atoms with E-state index in [1.54, 1.807) is 12.1 Å². The number of ether oxygens (including phenoxy) is 1. The summed E-state index contributed by atoms with van der Waals surface area (Å²) in [5.74, 6) is -0.0116. The summed E-state index contributed by atoms with van der Waals surface area (Å²) in [5.41, 5.74) is 0.862. The monoisotopic (exact) mass is 326 g/mol. The molecule has 1 aliphatic rings. The zero-order valence-electron chi connectivity index (χ0n) is 12.7. The second-order valence-electron chi connectivity index (χ2n) is 5.30. The Labute approximate surface area is 131 Å². The van der Waals surface area contributed by atoms with E-state index in [4.69, 9.17) is 4.74 Å². The van der Waals surface area contributed by atoms with Crippen molar-refractivity contribution >= 4 is 15.9 Å². The molecular weight excluding hydrogens is 304 g/mol. The molecule has 6 nitrogen and oxygen atoms in total. The summed E-state index contributed by atoms with van der Waals surface area (Å²) >= 11 is 0. The summed E-state index contributed by atoms with van der Waals surface area (Å²) in [6, 6.07) is 6.45. The van der Waals surface area contributed by atoms with E-state index in [9.17, 15) is 13.2 Å². The molecule has 2 rings (SSSR count). The van der Waals surface area contributed by atoms with Gasteiger partial charge >= 0.3 is 0 Å². The highest BCUT2D eigenvalue weighted by Gasteiger charge is 2.16. The van der Waals surface area contributed by atoms with Crippen molar-refractivity contribution in [3.8, 4) is 0 Å². The molecule has 0 bridgehead atoms. The van der Waals surface area contributed by atoms with E-state index >= 15 is 0 Å². The van der Waals surface area contributed by atoms with Crippen LogP contribution in [0.15, 0.2) is 29.2 Å². The van der Waals surface area contributed by atoms with E-state index in [0.29, 0.717) is 13.0 Å². The van der Waals surface area contributed by atoms with Crippen LogP contribution < -0.4 is 10.0 Å². The van der Waals surface area contributed by atoms with Gasteiger partial charge in [-0.15, -0.1) is 0 Å². The summed E-state index contributed by atoms with van der Waals surface area (Å²) in [6.45, 7) is 1.19. The standard InChI is InChI=1S/C15H22N2O4S/c1-16-22(19,20)14-7-4-12(5-8-14)11-17-15(18)9-6-13-3-2-10-21-13/h4-5,7-8,13,16H,2-3,6,9-11H2,1H3,(H,17,18)/t13-/m1/s1. The molecule has 1 saturated heterocycles. The van der Waals surface area contributed by atoms with Crippen LogP contribution in [0.25, 0.3) is 0 Å². The molecule has 1 aromatic rings. The van der Waals surface area contributed by atoms with Gasteiger partial charge in [-0.1, -0.05) is 12.1 Å². The molecule has 1 heterocycles. The molecule has 1 atom stereocenters. The van der Waals surface area contributed by atoms with Crippen molar-refractivity contribution < 1.29 is 17.9 Å². The van der Waals surface area contributed by atoms with Crippen LogP contribution in [-0.4, -0.2) is 34.1 Å². The van der Waals surface area contributed by atoms with Crippen LogP contribution >= 0.6 is 0 Å². The van der Waals surface area contributed by atoms with E-state index in [-0.39, 0.29) is 16.9 Å². The Morgan fingerprint density at radius 2 is 2.05 bits per heavy atom. The average molecular weight is 326 g/mol. The van der Waals surface area contributed by atoms with Gasteiger partial charge in [0, 0.05) is 19.6 Å². The van der Waals surface area contributed by atoms with Gasteiger partial charge in [0.2, 0.25) is 15.9 Å². The number of hydrogen-bond acceptors (Lipinski definition) is 4. The minimum absolute atomic E-state index is 0.0116. The highest BCUT2D eigenvalue weighted by molar-refractivity contribution is 7.89. The second kappa shape index (κ2) is 7.71. The number of nitrogens with one attached hydrogen (secondary N) is 2. The number of rotatable bonds is 7. The Morgan fingerprint density at radius 3 is 2.64 bits per heavy atom. The second-order valence-corrected chi connectivity index (χ2v) is 7.19. The molecule has 0 saturated carbocycles. The van der Waals surface area contributed by atoms with E-state index in [1.807, 2.05) is 0 Å². The fourth-order valence-electron chi connectivity index (χ4n) is 2.36. The zero-order valence-corrected chi connectivity index (χ0v) is 13.5. The van der Waals surface area contributed by atoms with Crippen molar-refractivity contribution in [1.82, 2.24) is 10.0 Å². The van der Waals surface area contributed by atoms with Gasteiger partial charge in [-0.2, -0.15) is 0 Å². The quantitative estimate of drug-likeness (QED) is 0.788. The molecule has 7 heteroatoms. The minimum atomic E-state index is -3.42. The van der Waals surface area contributed by atoms with Crippen molar-refractivity contribution in [1.29, 1.82) is 0 Å². The summed E-state index contributed by atoms with van der Waals surface area (Å²) in [7, 11) is -2.04. The lowest BCUT2D eigenvalue weighted by molar-refractivity contribution is -0.121. The van der Waals surface area contributed by atoms with Gasteiger partial charge in [0.15, 0.2) is 0 Å². The van der Waals surface area contributed by atoms with E-state index < -0.39 is 10.0 Å². The van der Waals surface area contributed by atoms with E-state index in [0.717, 1.165) is 31.4 Å². The largest absolute Gasteiger partial charge is 0.378 e. The van der Waals surface area contributed by atoms with Crippen molar-refractivity contribution in [3.63, 3.8) is 0 Å². The highest BCUT2D eigenvalue weighted by Crippen LogP contribution is 2.16. The Hall–Kier alpha value is -1.44. The third-order valence-electron chi connectivity index (χ3n) is 3.71. The maximum atomic E-state index is 11.8. The topological polar surface area (TPSA) is 84.5 Å². The average Bonchev–Trinajstić information content (AvgIpc) is 3.05. The Morgan fingerprint density at radius 1 is 1.32 bits per heavy atom. The fraction of sp³-hybridized carbons (Fsp3) is 0.533. The lowest BCUT2D eigenvalue weighted by Gasteiger charge is -2.10. The maximum Gasteiger partial charge on any atom is 0.240 e. The van der Waals surface area contributed by atoms with Gasteiger partial charge in [0.05, 0.1) is 11.0 Å². The van der Waals surface area contributed by atoms with E-state index in [1.165, 1.54) is 19.2 Å². The molecule has 2 N–H and O–H groups in total. The predicted molar refractivity (Wildman–Crippen MR) is 82.7 cm³/mol. The summed E-state index contributed by atoms with van der Waals surface area (Å²) in [5, 5.41) is 2.84. The van der Waals surface area contributed by atoms with Gasteiger partial charge < -0.3 is 10.1 Å². The molecule has 1 aromatic carbocycles. The molecule has 1 amide bonds. The number of carbonyl (C=O) groups excluding carboxylic acids is 1. The summed E-state index contributed by atoms with van der Waals surface area (Å²) in [6.07, 6.45) is 3.54. The third-order valence-corrected chi connectivity index (χ3v) is 5.14. The smallest absolute Gasteiger partial charge is 0.240 e. The van der Waals surface area contributed by atoms with Crippen molar-refractivity contribution in [2.24, 2.45) is 0 Å². The number of hydrogen-bond donors (Lipinski definition) is 2. The lowest BCUT2D eigenvalue weighted by atomic mass is 10.1. The predicted octanol–water partition coefficient (Wildman–Crippen LogP) is 1.17. The van der Waals surface area contributed by atoms with Crippen LogP contribution in [0, 0.1) is 0 Å². The Bertz CT molecular complexity index is 592.